The summed E-state index contributed by atoms with van der Waals surface area (Å²) in [5.74, 6) is 0.869. The molecule has 4 rings (SSSR count). The van der Waals surface area contributed by atoms with Crippen LogP contribution in [0.5, 0.6) is 0 Å². The third kappa shape index (κ3) is 4.81. The molecular formula is C22H23ClN4OS2. The number of nitrogens with one attached hydrogen (secondary N) is 1. The van der Waals surface area contributed by atoms with Gasteiger partial charge in [0.15, 0.2) is 10.2 Å². The zero-order valence-electron chi connectivity index (χ0n) is 16.8. The van der Waals surface area contributed by atoms with Gasteiger partial charge in [-0.05, 0) is 74.8 Å². The minimum Gasteiger partial charge on any atom is -0.452 e. The van der Waals surface area contributed by atoms with E-state index in [0.717, 1.165) is 44.7 Å². The number of pyridine rings is 1. The minimum absolute atomic E-state index is 0.0630. The van der Waals surface area contributed by atoms with E-state index in [1.165, 1.54) is 0 Å². The number of thiocarbonyl (C=S) groups is 1. The van der Waals surface area contributed by atoms with Crippen LogP contribution in [-0.2, 0) is 0 Å². The van der Waals surface area contributed by atoms with E-state index in [-0.39, 0.29) is 12.1 Å². The van der Waals surface area contributed by atoms with Crippen molar-refractivity contribution in [3.8, 4) is 0 Å². The molecule has 8 heteroatoms. The maximum Gasteiger partial charge on any atom is 0.170 e. The van der Waals surface area contributed by atoms with Crippen LogP contribution in [0.1, 0.15) is 23.5 Å². The summed E-state index contributed by atoms with van der Waals surface area (Å²) in [5, 5.41) is 5.73. The van der Waals surface area contributed by atoms with E-state index in [1.807, 2.05) is 60.8 Å². The van der Waals surface area contributed by atoms with Gasteiger partial charge < -0.3 is 19.5 Å². The Morgan fingerprint density at radius 1 is 1.17 bits per heavy atom. The van der Waals surface area contributed by atoms with Gasteiger partial charge in [0.05, 0.1) is 11.7 Å². The maximum absolute atomic E-state index is 6.29. The largest absolute Gasteiger partial charge is 0.452 e. The van der Waals surface area contributed by atoms with Gasteiger partial charge in [-0.3, -0.25) is 4.98 Å². The van der Waals surface area contributed by atoms with Crippen LogP contribution in [0.15, 0.2) is 75.2 Å². The molecule has 1 aliphatic heterocycles. The maximum atomic E-state index is 6.29. The highest BCUT2D eigenvalue weighted by molar-refractivity contribution is 7.99. The van der Waals surface area contributed by atoms with Crippen LogP contribution in [-0.4, -0.2) is 47.1 Å². The molecule has 1 aliphatic rings. The minimum atomic E-state index is -0.0691. The van der Waals surface area contributed by atoms with Crippen molar-refractivity contribution in [2.24, 2.45) is 0 Å². The lowest BCUT2D eigenvalue weighted by atomic mass is 10.0. The van der Waals surface area contributed by atoms with E-state index in [1.54, 1.807) is 11.8 Å². The van der Waals surface area contributed by atoms with Gasteiger partial charge in [0.2, 0.25) is 0 Å². The summed E-state index contributed by atoms with van der Waals surface area (Å²) in [6.45, 7) is 1.69. The number of hydrogen-bond acceptors (Lipinski definition) is 5. The van der Waals surface area contributed by atoms with E-state index in [4.69, 9.17) is 28.2 Å². The number of halogens is 1. The van der Waals surface area contributed by atoms with Gasteiger partial charge in [0.25, 0.3) is 0 Å². The molecule has 2 aromatic heterocycles. The van der Waals surface area contributed by atoms with Gasteiger partial charge >= 0.3 is 0 Å². The normalized spacial score (nSPS) is 18.8. The zero-order chi connectivity index (χ0) is 21.1. The van der Waals surface area contributed by atoms with Gasteiger partial charge in [-0.25, -0.2) is 0 Å². The summed E-state index contributed by atoms with van der Waals surface area (Å²) in [4.78, 5) is 9.99. The highest BCUT2D eigenvalue weighted by atomic mass is 35.5. The fourth-order valence-electron chi connectivity index (χ4n) is 3.43. The molecule has 0 saturated carbocycles. The summed E-state index contributed by atoms with van der Waals surface area (Å²) < 4.78 is 6.29. The third-order valence-corrected chi connectivity index (χ3v) is 6.44. The molecule has 5 nitrogen and oxygen atoms in total. The highest BCUT2D eigenvalue weighted by Crippen LogP contribution is 2.41. The van der Waals surface area contributed by atoms with Crippen LogP contribution in [0.3, 0.4) is 0 Å². The van der Waals surface area contributed by atoms with Crippen LogP contribution in [0.4, 0.5) is 0 Å². The Morgan fingerprint density at radius 3 is 2.67 bits per heavy atom. The third-order valence-electron chi connectivity index (χ3n) is 4.91. The lowest BCUT2D eigenvalue weighted by Crippen LogP contribution is -2.35. The molecule has 2 atom stereocenters. The fourth-order valence-corrected chi connectivity index (χ4v) is 4.67. The Balaban J connectivity index is 1.62. The molecule has 0 spiro atoms. The predicted molar refractivity (Wildman–Crippen MR) is 125 cm³/mol. The second-order valence-corrected chi connectivity index (χ2v) is 9.24. The van der Waals surface area contributed by atoms with E-state index in [2.05, 4.69) is 34.2 Å². The Bertz CT molecular complexity index is 994. The van der Waals surface area contributed by atoms with Crippen LogP contribution in [0.25, 0.3) is 0 Å². The molecule has 1 N–H and O–H groups in total. The summed E-state index contributed by atoms with van der Waals surface area (Å²) in [5.41, 5.74) is 0.945. The van der Waals surface area contributed by atoms with Crippen molar-refractivity contribution in [1.82, 2.24) is 20.1 Å². The van der Waals surface area contributed by atoms with Crippen LogP contribution < -0.4 is 5.32 Å². The van der Waals surface area contributed by atoms with Crippen molar-refractivity contribution in [1.29, 1.82) is 0 Å². The summed E-state index contributed by atoms with van der Waals surface area (Å²) in [6, 6.07) is 17.6. The van der Waals surface area contributed by atoms with Crippen molar-refractivity contribution in [3.63, 3.8) is 0 Å². The van der Waals surface area contributed by atoms with E-state index in [9.17, 15) is 0 Å². The SMILES string of the molecule is CN(C)CCN1C(=S)N[C@H](c2ccccn2)[C@@H]1c1ccc(Sc2ccc(Cl)cc2)o1. The van der Waals surface area contributed by atoms with Gasteiger partial charge in [-0.1, -0.05) is 29.4 Å². The van der Waals surface area contributed by atoms with E-state index < -0.39 is 0 Å². The molecule has 0 bridgehead atoms. The lowest BCUT2D eigenvalue weighted by molar-refractivity contribution is 0.239. The number of furan rings is 1. The molecule has 1 aromatic carbocycles. The Hall–Kier alpha value is -2.06. The van der Waals surface area contributed by atoms with Crippen molar-refractivity contribution in [2.45, 2.75) is 22.1 Å². The first-order chi connectivity index (χ1) is 14.5. The predicted octanol–water partition coefficient (Wildman–Crippen LogP) is 5.01. The lowest BCUT2D eigenvalue weighted by Gasteiger charge is -2.27. The smallest absolute Gasteiger partial charge is 0.170 e. The van der Waals surface area contributed by atoms with Gasteiger partial charge in [-0.15, -0.1) is 0 Å². The first-order valence-corrected chi connectivity index (χ1v) is 11.3. The molecule has 1 saturated heterocycles. The molecule has 30 heavy (non-hydrogen) atoms. The van der Waals surface area contributed by atoms with E-state index >= 15 is 0 Å². The first-order valence-electron chi connectivity index (χ1n) is 9.67. The Labute approximate surface area is 191 Å². The summed E-state index contributed by atoms with van der Waals surface area (Å²) >= 11 is 13.2. The molecule has 3 heterocycles. The second kappa shape index (κ2) is 9.39. The first kappa shape index (κ1) is 21.2. The number of likely N-dealkylation sites (N-methyl/N-ethyl adjacent to an activating group) is 1. The Morgan fingerprint density at radius 2 is 1.97 bits per heavy atom. The number of aromatic nitrogens is 1. The quantitative estimate of drug-likeness (QED) is 0.499. The van der Waals surface area contributed by atoms with Gasteiger partial charge in [0.1, 0.15) is 11.8 Å². The van der Waals surface area contributed by atoms with Gasteiger partial charge in [-0.2, -0.15) is 0 Å². The average molecular weight is 459 g/mol. The summed E-state index contributed by atoms with van der Waals surface area (Å²) in [7, 11) is 4.12. The fraction of sp³-hybridized carbons (Fsp3) is 0.273. The zero-order valence-corrected chi connectivity index (χ0v) is 19.2. The topological polar surface area (TPSA) is 44.5 Å². The van der Waals surface area contributed by atoms with Crippen molar-refractivity contribution in [2.75, 3.05) is 27.2 Å². The van der Waals surface area contributed by atoms with Crippen LogP contribution >= 0.6 is 35.6 Å². The van der Waals surface area contributed by atoms with Gasteiger partial charge in [0, 0.05) is 29.2 Å². The molecule has 3 aromatic rings. The summed E-state index contributed by atoms with van der Waals surface area (Å²) in [6.07, 6.45) is 1.81. The number of rotatable bonds is 7. The number of nitrogens with zero attached hydrogens (tertiary/aromatic N) is 3. The van der Waals surface area contributed by atoms with Crippen LogP contribution in [0.2, 0.25) is 5.02 Å². The molecule has 0 unspecified atom stereocenters. The molecule has 0 amide bonds. The Kier molecular flexibility index (Phi) is 6.63. The molecule has 0 aliphatic carbocycles. The number of benzene rings is 1. The van der Waals surface area contributed by atoms with Crippen molar-refractivity contribution in [3.05, 3.63) is 77.3 Å². The molecular weight excluding hydrogens is 436 g/mol. The average Bonchev–Trinajstić information content (AvgIpc) is 3.32. The highest BCUT2D eigenvalue weighted by Gasteiger charge is 2.41. The number of hydrogen-bond donors (Lipinski definition) is 1. The van der Waals surface area contributed by atoms with Crippen molar-refractivity contribution < 1.29 is 4.42 Å². The molecule has 0 radical (unpaired) electrons. The van der Waals surface area contributed by atoms with E-state index in [0.29, 0.717) is 0 Å². The van der Waals surface area contributed by atoms with Crippen LogP contribution in [0, 0.1) is 0 Å². The standard InChI is InChI=1S/C22H23ClN4OS2/c1-26(2)13-14-27-21(20(25-22(27)29)17-5-3-4-12-24-17)18-10-11-19(28-18)30-16-8-6-15(23)7-9-16/h3-12,20-21H,13-14H2,1-2H3,(H,25,29)/t20-,21+/m1/s1. The molecule has 156 valence electrons. The molecule has 1 fully saturated rings. The van der Waals surface area contributed by atoms with Crippen molar-refractivity contribution >= 4 is 40.7 Å². The monoisotopic (exact) mass is 458 g/mol. The second-order valence-electron chi connectivity index (χ2n) is 7.34.